The van der Waals surface area contributed by atoms with Crippen LogP contribution in [-0.2, 0) is 0 Å². The molecule has 1 saturated carbocycles. The Morgan fingerprint density at radius 3 is 2.38 bits per heavy atom. The first kappa shape index (κ1) is 10.6. The van der Waals surface area contributed by atoms with Crippen LogP contribution >= 0.6 is 0 Å². The Morgan fingerprint density at radius 2 is 1.85 bits per heavy atom. The van der Waals surface area contributed by atoms with Crippen LogP contribution in [0.4, 0.5) is 0 Å². The molecule has 1 rings (SSSR count). The van der Waals surface area contributed by atoms with Gasteiger partial charge in [0.25, 0.3) is 0 Å². The Bertz CT molecular complexity index is 165. The molecule has 2 heteroatoms. The van der Waals surface area contributed by atoms with Gasteiger partial charge in [-0.15, -0.1) is 0 Å². The molecule has 0 spiro atoms. The monoisotopic (exact) mass is 182 g/mol. The molecule has 0 aromatic carbocycles. The minimum atomic E-state index is 0.551. The van der Waals surface area contributed by atoms with Crippen LogP contribution in [0.15, 0.2) is 5.10 Å². The summed E-state index contributed by atoms with van der Waals surface area (Å²) in [5.41, 5.74) is 4.35. The molecule has 0 aliphatic heterocycles. The van der Waals surface area contributed by atoms with Gasteiger partial charge in [-0.3, -0.25) is 0 Å². The number of hydrazone groups is 1. The minimum absolute atomic E-state index is 0.551. The highest BCUT2D eigenvalue weighted by atomic mass is 15.3. The first-order chi connectivity index (χ1) is 6.20. The van der Waals surface area contributed by atoms with E-state index in [0.29, 0.717) is 6.04 Å². The molecule has 0 aromatic rings. The van der Waals surface area contributed by atoms with Gasteiger partial charge in [-0.25, -0.2) is 0 Å². The summed E-state index contributed by atoms with van der Waals surface area (Å²) in [5, 5.41) is 4.27. The zero-order valence-corrected chi connectivity index (χ0v) is 9.14. The van der Waals surface area contributed by atoms with Crippen molar-refractivity contribution in [3.63, 3.8) is 0 Å². The van der Waals surface area contributed by atoms with E-state index in [-0.39, 0.29) is 0 Å². The molecule has 76 valence electrons. The highest BCUT2D eigenvalue weighted by molar-refractivity contribution is 5.78. The van der Waals surface area contributed by atoms with Crippen molar-refractivity contribution < 1.29 is 0 Å². The highest BCUT2D eigenvalue weighted by Crippen LogP contribution is 2.26. The fourth-order valence-corrected chi connectivity index (χ4v) is 1.97. The van der Waals surface area contributed by atoms with Crippen molar-refractivity contribution in [2.45, 2.75) is 58.9 Å². The van der Waals surface area contributed by atoms with Crippen molar-refractivity contribution in [1.29, 1.82) is 0 Å². The molecule has 13 heavy (non-hydrogen) atoms. The zero-order valence-electron chi connectivity index (χ0n) is 9.14. The van der Waals surface area contributed by atoms with Crippen LogP contribution in [0, 0.1) is 5.92 Å². The van der Waals surface area contributed by atoms with E-state index >= 15 is 0 Å². The molecule has 0 amide bonds. The van der Waals surface area contributed by atoms with Crippen molar-refractivity contribution in [2.24, 2.45) is 11.0 Å². The molecule has 1 unspecified atom stereocenters. The average molecular weight is 182 g/mol. The van der Waals surface area contributed by atoms with Gasteiger partial charge in [0.1, 0.15) is 0 Å². The van der Waals surface area contributed by atoms with Crippen molar-refractivity contribution in [3.8, 4) is 0 Å². The third kappa shape index (κ3) is 3.79. The first-order valence-electron chi connectivity index (χ1n) is 5.46. The first-order valence-corrected chi connectivity index (χ1v) is 5.46. The maximum atomic E-state index is 4.27. The lowest BCUT2D eigenvalue weighted by atomic mass is 9.85. The topological polar surface area (TPSA) is 24.4 Å². The van der Waals surface area contributed by atoms with Crippen LogP contribution in [0.3, 0.4) is 0 Å². The summed E-state index contributed by atoms with van der Waals surface area (Å²) < 4.78 is 0. The molecule has 0 saturated heterocycles. The van der Waals surface area contributed by atoms with E-state index in [9.17, 15) is 0 Å². The van der Waals surface area contributed by atoms with E-state index in [0.717, 1.165) is 11.6 Å². The second-order valence-electron chi connectivity index (χ2n) is 4.37. The number of nitrogens with one attached hydrogen (secondary N) is 1. The Labute approximate surface area is 81.8 Å². The zero-order chi connectivity index (χ0) is 9.68. The van der Waals surface area contributed by atoms with E-state index in [2.05, 4.69) is 17.5 Å². The predicted octanol–water partition coefficient (Wildman–Crippen LogP) is 2.94. The van der Waals surface area contributed by atoms with Crippen LogP contribution in [0.5, 0.6) is 0 Å². The van der Waals surface area contributed by atoms with Crippen molar-refractivity contribution in [1.82, 2.24) is 5.43 Å². The van der Waals surface area contributed by atoms with Crippen molar-refractivity contribution in [3.05, 3.63) is 0 Å². The summed E-state index contributed by atoms with van der Waals surface area (Å²) in [6.45, 7) is 6.31. The Hall–Kier alpha value is -0.530. The highest BCUT2D eigenvalue weighted by Gasteiger charge is 2.19. The SMILES string of the molecule is CC(C)=NNC(C)C1CCCCC1. The summed E-state index contributed by atoms with van der Waals surface area (Å²) in [6, 6.07) is 0.551. The van der Waals surface area contributed by atoms with Crippen molar-refractivity contribution >= 4 is 5.71 Å². The smallest absolute Gasteiger partial charge is 0.0440 e. The average Bonchev–Trinajstić information content (AvgIpc) is 2.15. The van der Waals surface area contributed by atoms with Gasteiger partial charge < -0.3 is 5.43 Å². The molecule has 1 N–H and O–H groups in total. The number of rotatable bonds is 3. The van der Waals surface area contributed by atoms with Gasteiger partial charge in [0, 0.05) is 11.8 Å². The third-order valence-corrected chi connectivity index (χ3v) is 2.85. The summed E-state index contributed by atoms with van der Waals surface area (Å²) in [4.78, 5) is 0. The second-order valence-corrected chi connectivity index (χ2v) is 4.37. The predicted molar refractivity (Wildman–Crippen MR) is 58.0 cm³/mol. The molecule has 1 fully saturated rings. The molecule has 0 bridgehead atoms. The van der Waals surface area contributed by atoms with Crippen LogP contribution in [-0.4, -0.2) is 11.8 Å². The summed E-state index contributed by atoms with van der Waals surface area (Å²) in [7, 11) is 0. The molecule has 0 heterocycles. The maximum absolute atomic E-state index is 4.27. The van der Waals surface area contributed by atoms with Gasteiger partial charge >= 0.3 is 0 Å². The van der Waals surface area contributed by atoms with Gasteiger partial charge in [0.05, 0.1) is 0 Å². The molecular formula is C11H22N2. The molecule has 0 aromatic heterocycles. The van der Waals surface area contributed by atoms with Crippen LogP contribution in [0.1, 0.15) is 52.9 Å². The quantitative estimate of drug-likeness (QED) is 0.526. The maximum Gasteiger partial charge on any atom is 0.0440 e. The van der Waals surface area contributed by atoms with Gasteiger partial charge in [0.2, 0.25) is 0 Å². The lowest BCUT2D eigenvalue weighted by Crippen LogP contribution is -2.31. The number of hydrogen-bond acceptors (Lipinski definition) is 2. The molecule has 2 nitrogen and oxygen atoms in total. The molecule has 1 aliphatic carbocycles. The van der Waals surface area contributed by atoms with Gasteiger partial charge in [-0.2, -0.15) is 5.10 Å². The fourth-order valence-electron chi connectivity index (χ4n) is 1.97. The van der Waals surface area contributed by atoms with Gasteiger partial charge in [-0.1, -0.05) is 19.3 Å². The van der Waals surface area contributed by atoms with Gasteiger partial charge in [-0.05, 0) is 39.5 Å². The van der Waals surface area contributed by atoms with Crippen molar-refractivity contribution in [2.75, 3.05) is 0 Å². The molecule has 1 aliphatic rings. The molecule has 0 radical (unpaired) electrons. The minimum Gasteiger partial charge on any atom is -0.307 e. The second kappa shape index (κ2) is 5.25. The normalized spacial score (nSPS) is 20.8. The van der Waals surface area contributed by atoms with E-state index < -0.39 is 0 Å². The lowest BCUT2D eigenvalue weighted by Gasteiger charge is -2.27. The van der Waals surface area contributed by atoms with E-state index in [4.69, 9.17) is 0 Å². The largest absolute Gasteiger partial charge is 0.307 e. The van der Waals surface area contributed by atoms with Gasteiger partial charge in [0.15, 0.2) is 0 Å². The van der Waals surface area contributed by atoms with Crippen LogP contribution in [0.25, 0.3) is 0 Å². The standard InChI is InChI=1S/C11H22N2/c1-9(2)12-13-10(3)11-7-5-4-6-8-11/h10-11,13H,4-8H2,1-3H3. The summed E-state index contributed by atoms with van der Waals surface area (Å²) in [6.07, 6.45) is 7.01. The number of nitrogens with zero attached hydrogens (tertiary/aromatic N) is 1. The van der Waals surface area contributed by atoms with E-state index in [1.165, 1.54) is 32.1 Å². The lowest BCUT2D eigenvalue weighted by molar-refractivity contribution is 0.284. The van der Waals surface area contributed by atoms with Crippen LogP contribution < -0.4 is 5.43 Å². The van der Waals surface area contributed by atoms with E-state index in [1.807, 2.05) is 13.8 Å². The Balaban J connectivity index is 2.28. The summed E-state index contributed by atoms with van der Waals surface area (Å²) >= 11 is 0. The molecular weight excluding hydrogens is 160 g/mol. The fraction of sp³-hybridized carbons (Fsp3) is 0.909. The Kier molecular flexibility index (Phi) is 4.26. The third-order valence-electron chi connectivity index (χ3n) is 2.85. The van der Waals surface area contributed by atoms with E-state index in [1.54, 1.807) is 0 Å². The van der Waals surface area contributed by atoms with Crippen LogP contribution in [0.2, 0.25) is 0 Å². The summed E-state index contributed by atoms with van der Waals surface area (Å²) in [5.74, 6) is 0.844. The molecule has 1 atom stereocenters. The Morgan fingerprint density at radius 1 is 1.23 bits per heavy atom. The number of hydrogen-bond donors (Lipinski definition) is 1.